The topological polar surface area (TPSA) is 65.8 Å². The molecule has 0 bridgehead atoms. The minimum Gasteiger partial charge on any atom is -0.348 e. The van der Waals surface area contributed by atoms with Gasteiger partial charge in [0.25, 0.3) is 5.91 Å². The minimum absolute atomic E-state index is 0.0279. The molecule has 1 aliphatic rings. The number of rotatable bonds is 2. The highest BCUT2D eigenvalue weighted by atomic mass is 16.1. The molecule has 1 amide bonds. The zero-order valence-electron chi connectivity index (χ0n) is 12.5. The summed E-state index contributed by atoms with van der Waals surface area (Å²) in [4.78, 5) is 16.5. The fourth-order valence-corrected chi connectivity index (χ4v) is 2.58. The Morgan fingerprint density at radius 1 is 1.40 bits per heavy atom. The van der Waals surface area contributed by atoms with E-state index in [1.165, 1.54) is 0 Å². The molecule has 0 saturated heterocycles. The molecule has 0 radical (unpaired) electrons. The number of nitrogens with zero attached hydrogens (tertiary/aromatic N) is 2. The maximum Gasteiger partial charge on any atom is 0.270 e. The Hall–Kier alpha value is -1.89. The fraction of sp³-hybridized carbons (Fsp3) is 0.562. The van der Waals surface area contributed by atoms with Gasteiger partial charge in [0.2, 0.25) is 0 Å². The molecule has 0 atom stereocenters. The molecule has 1 N–H and O–H groups in total. The van der Waals surface area contributed by atoms with E-state index in [4.69, 9.17) is 5.26 Å². The maximum absolute atomic E-state index is 12.1. The molecule has 1 saturated carbocycles. The summed E-state index contributed by atoms with van der Waals surface area (Å²) in [5.74, 6) is -0.0480. The summed E-state index contributed by atoms with van der Waals surface area (Å²) in [5, 5.41) is 11.7. The lowest BCUT2D eigenvalue weighted by molar-refractivity contribution is 0.0899. The number of carbonyl (C=O) groups is 1. The standard InChI is InChI=1S/C16H21N3O/c1-10-13(16(2,3)4)5-6-14(18-10)15(20)19-12-7-11(8-12)9-17/h5-6,11-12H,7-8H2,1-4H3,(H,19,20). The van der Waals surface area contributed by atoms with Gasteiger partial charge in [-0.3, -0.25) is 4.79 Å². The second-order valence-corrected chi connectivity index (χ2v) is 6.55. The number of carbonyl (C=O) groups excluding carboxylic acids is 1. The molecule has 0 spiro atoms. The van der Waals surface area contributed by atoms with E-state index in [2.05, 4.69) is 37.1 Å². The van der Waals surface area contributed by atoms with Crippen molar-refractivity contribution >= 4 is 5.91 Å². The van der Waals surface area contributed by atoms with Crippen LogP contribution in [-0.2, 0) is 5.41 Å². The molecule has 4 heteroatoms. The van der Waals surface area contributed by atoms with Crippen molar-refractivity contribution in [2.24, 2.45) is 5.92 Å². The van der Waals surface area contributed by atoms with Crippen LogP contribution in [0.15, 0.2) is 12.1 Å². The quantitative estimate of drug-likeness (QED) is 0.899. The Morgan fingerprint density at radius 3 is 2.55 bits per heavy atom. The lowest BCUT2D eigenvalue weighted by Gasteiger charge is -2.31. The van der Waals surface area contributed by atoms with Gasteiger partial charge in [0.05, 0.1) is 12.0 Å². The third-order valence-electron chi connectivity index (χ3n) is 3.78. The lowest BCUT2D eigenvalue weighted by atomic mass is 9.81. The van der Waals surface area contributed by atoms with Crippen LogP contribution >= 0.6 is 0 Å². The van der Waals surface area contributed by atoms with Crippen molar-refractivity contribution in [1.29, 1.82) is 5.26 Å². The van der Waals surface area contributed by atoms with Gasteiger partial charge in [0.1, 0.15) is 5.69 Å². The molecule has 1 fully saturated rings. The summed E-state index contributed by atoms with van der Waals surface area (Å²) in [6, 6.07) is 6.10. The van der Waals surface area contributed by atoms with Gasteiger partial charge in [-0.15, -0.1) is 0 Å². The number of aromatic nitrogens is 1. The summed E-state index contributed by atoms with van der Waals surface area (Å²) in [6.45, 7) is 8.33. The third kappa shape index (κ3) is 2.98. The molecule has 0 unspecified atom stereocenters. The molecular weight excluding hydrogens is 250 g/mol. The van der Waals surface area contributed by atoms with Gasteiger partial charge in [0.15, 0.2) is 0 Å². The van der Waals surface area contributed by atoms with E-state index in [-0.39, 0.29) is 23.3 Å². The number of nitriles is 1. The van der Waals surface area contributed by atoms with Crippen LogP contribution in [0.3, 0.4) is 0 Å². The predicted molar refractivity (Wildman–Crippen MR) is 77.3 cm³/mol. The smallest absolute Gasteiger partial charge is 0.270 e. The van der Waals surface area contributed by atoms with Crippen LogP contribution in [0.25, 0.3) is 0 Å². The maximum atomic E-state index is 12.1. The van der Waals surface area contributed by atoms with Crippen LogP contribution in [0.4, 0.5) is 0 Å². The lowest BCUT2D eigenvalue weighted by Crippen LogP contribution is -2.44. The van der Waals surface area contributed by atoms with E-state index < -0.39 is 0 Å². The summed E-state index contributed by atoms with van der Waals surface area (Å²) >= 11 is 0. The van der Waals surface area contributed by atoms with Gasteiger partial charge in [-0.2, -0.15) is 5.26 Å². The molecule has 0 aromatic carbocycles. The Morgan fingerprint density at radius 2 is 2.05 bits per heavy atom. The van der Waals surface area contributed by atoms with Crippen LogP contribution in [0, 0.1) is 24.2 Å². The number of aryl methyl sites for hydroxylation is 1. The Bertz CT molecular complexity index is 560. The molecule has 1 heterocycles. The number of pyridine rings is 1. The van der Waals surface area contributed by atoms with Crippen molar-refractivity contribution in [3.63, 3.8) is 0 Å². The summed E-state index contributed by atoms with van der Waals surface area (Å²) in [5.41, 5.74) is 2.53. The molecular formula is C16H21N3O. The molecule has 1 aliphatic carbocycles. The zero-order valence-corrected chi connectivity index (χ0v) is 12.5. The average molecular weight is 271 g/mol. The number of hydrogen-bond donors (Lipinski definition) is 1. The van der Waals surface area contributed by atoms with Crippen LogP contribution in [-0.4, -0.2) is 16.9 Å². The van der Waals surface area contributed by atoms with E-state index in [0.29, 0.717) is 5.69 Å². The van der Waals surface area contributed by atoms with Gasteiger partial charge in [0, 0.05) is 11.7 Å². The molecule has 0 aliphatic heterocycles. The molecule has 106 valence electrons. The predicted octanol–water partition coefficient (Wildman–Crippen LogP) is 2.72. The van der Waals surface area contributed by atoms with Crippen molar-refractivity contribution in [1.82, 2.24) is 10.3 Å². The third-order valence-corrected chi connectivity index (χ3v) is 3.78. The molecule has 2 rings (SSSR count). The largest absolute Gasteiger partial charge is 0.348 e. The summed E-state index contributed by atoms with van der Waals surface area (Å²) < 4.78 is 0. The van der Waals surface area contributed by atoms with E-state index in [1.54, 1.807) is 6.07 Å². The van der Waals surface area contributed by atoms with Crippen LogP contribution in [0.5, 0.6) is 0 Å². The van der Waals surface area contributed by atoms with Crippen molar-refractivity contribution in [3.8, 4) is 6.07 Å². The van der Waals surface area contributed by atoms with Gasteiger partial charge < -0.3 is 5.32 Å². The van der Waals surface area contributed by atoms with E-state index in [9.17, 15) is 4.79 Å². The SMILES string of the molecule is Cc1nc(C(=O)NC2CC(C#N)C2)ccc1C(C)(C)C. The van der Waals surface area contributed by atoms with Crippen LogP contribution < -0.4 is 5.32 Å². The van der Waals surface area contributed by atoms with Crippen molar-refractivity contribution in [3.05, 3.63) is 29.1 Å². The Balaban J connectivity index is 2.05. The van der Waals surface area contributed by atoms with Crippen LogP contribution in [0.2, 0.25) is 0 Å². The Kier molecular flexibility index (Phi) is 3.80. The molecule has 20 heavy (non-hydrogen) atoms. The summed E-state index contributed by atoms with van der Waals surface area (Å²) in [6.07, 6.45) is 1.50. The molecule has 1 aromatic heterocycles. The van der Waals surface area contributed by atoms with E-state index >= 15 is 0 Å². The first kappa shape index (κ1) is 14.5. The van der Waals surface area contributed by atoms with Crippen LogP contribution in [0.1, 0.15) is 55.4 Å². The Labute approximate surface area is 120 Å². The number of hydrogen-bond acceptors (Lipinski definition) is 3. The zero-order chi connectivity index (χ0) is 14.9. The highest BCUT2D eigenvalue weighted by molar-refractivity contribution is 5.92. The van der Waals surface area contributed by atoms with Crippen molar-refractivity contribution in [2.45, 2.75) is 52.0 Å². The van der Waals surface area contributed by atoms with Gasteiger partial charge in [-0.25, -0.2) is 4.98 Å². The second-order valence-electron chi connectivity index (χ2n) is 6.55. The second kappa shape index (κ2) is 5.24. The van der Waals surface area contributed by atoms with Gasteiger partial charge in [-0.1, -0.05) is 26.8 Å². The van der Waals surface area contributed by atoms with E-state index in [0.717, 1.165) is 24.1 Å². The number of amides is 1. The number of nitrogens with one attached hydrogen (secondary N) is 1. The normalized spacial score (nSPS) is 21.8. The summed E-state index contributed by atoms with van der Waals surface area (Å²) in [7, 11) is 0. The highest BCUT2D eigenvalue weighted by Crippen LogP contribution is 2.27. The monoisotopic (exact) mass is 271 g/mol. The molecule has 1 aromatic rings. The fourth-order valence-electron chi connectivity index (χ4n) is 2.58. The molecule has 4 nitrogen and oxygen atoms in total. The average Bonchev–Trinajstić information content (AvgIpc) is 2.31. The minimum atomic E-state index is -0.144. The first-order chi connectivity index (χ1) is 9.31. The highest BCUT2D eigenvalue weighted by Gasteiger charge is 2.30. The first-order valence-corrected chi connectivity index (χ1v) is 7.00. The van der Waals surface area contributed by atoms with Gasteiger partial charge in [-0.05, 0) is 36.8 Å². The first-order valence-electron chi connectivity index (χ1n) is 7.00. The van der Waals surface area contributed by atoms with Gasteiger partial charge >= 0.3 is 0 Å². The van der Waals surface area contributed by atoms with E-state index in [1.807, 2.05) is 13.0 Å². The van der Waals surface area contributed by atoms with Crippen molar-refractivity contribution in [2.75, 3.05) is 0 Å². The van der Waals surface area contributed by atoms with Crippen molar-refractivity contribution < 1.29 is 4.79 Å².